The highest BCUT2D eigenvalue weighted by molar-refractivity contribution is 6.05. The summed E-state index contributed by atoms with van der Waals surface area (Å²) in [6.45, 7) is 1.74. The van der Waals surface area contributed by atoms with Crippen molar-refractivity contribution in [2.45, 2.75) is 6.92 Å². The molecule has 0 saturated carbocycles. The van der Waals surface area contributed by atoms with Crippen molar-refractivity contribution < 1.29 is 19.2 Å². The number of ether oxygens (including phenoxy) is 1. The lowest BCUT2D eigenvalue weighted by molar-refractivity contribution is -0.384. The molecule has 1 N–H and O–H groups in total. The van der Waals surface area contributed by atoms with Crippen molar-refractivity contribution in [1.82, 2.24) is 0 Å². The Morgan fingerprint density at radius 3 is 2.31 bits per heavy atom. The Morgan fingerprint density at radius 1 is 1.12 bits per heavy atom. The number of nitrogens with zero attached hydrogens (tertiary/aromatic N) is 2. The molecule has 0 bridgehead atoms. The number of nitro benzene ring substituents is 1. The van der Waals surface area contributed by atoms with Crippen molar-refractivity contribution >= 4 is 28.9 Å². The molecular weight excluding hydrogens is 338 g/mol. The molecule has 0 aliphatic carbocycles. The van der Waals surface area contributed by atoms with E-state index in [9.17, 15) is 19.7 Å². The molecule has 0 unspecified atom stereocenters. The van der Waals surface area contributed by atoms with Gasteiger partial charge in [-0.25, -0.2) is 4.79 Å². The summed E-state index contributed by atoms with van der Waals surface area (Å²) in [6.07, 6.45) is 0. The minimum Gasteiger partial charge on any atom is -0.465 e. The first-order valence-corrected chi connectivity index (χ1v) is 7.70. The number of carbonyl (C=O) groups is 2. The zero-order valence-corrected chi connectivity index (χ0v) is 14.9. The Bertz CT molecular complexity index is 877. The van der Waals surface area contributed by atoms with Crippen LogP contribution in [0.1, 0.15) is 26.3 Å². The molecule has 2 aromatic carbocycles. The molecule has 0 saturated heterocycles. The van der Waals surface area contributed by atoms with Crippen LogP contribution in [-0.4, -0.2) is 38.0 Å². The number of amides is 1. The third kappa shape index (κ3) is 3.97. The van der Waals surface area contributed by atoms with Crippen LogP contribution in [0.25, 0.3) is 0 Å². The number of anilines is 2. The van der Waals surface area contributed by atoms with E-state index < -0.39 is 16.8 Å². The van der Waals surface area contributed by atoms with Crippen molar-refractivity contribution in [3.05, 3.63) is 63.2 Å². The lowest BCUT2D eigenvalue weighted by atomic mass is 10.1. The quantitative estimate of drug-likeness (QED) is 0.501. The minimum absolute atomic E-state index is 0.152. The van der Waals surface area contributed by atoms with Gasteiger partial charge in [-0.1, -0.05) is 0 Å². The maximum atomic E-state index is 12.5. The Hall–Kier alpha value is -3.42. The van der Waals surface area contributed by atoms with Crippen molar-refractivity contribution in [3.63, 3.8) is 0 Å². The first-order chi connectivity index (χ1) is 12.2. The van der Waals surface area contributed by atoms with Gasteiger partial charge in [0.1, 0.15) is 5.69 Å². The highest BCUT2D eigenvalue weighted by atomic mass is 16.6. The molecule has 2 rings (SSSR count). The van der Waals surface area contributed by atoms with E-state index in [1.807, 2.05) is 0 Å². The Morgan fingerprint density at radius 2 is 1.77 bits per heavy atom. The molecule has 0 aliphatic heterocycles. The Kier molecular flexibility index (Phi) is 5.56. The lowest BCUT2D eigenvalue weighted by Gasteiger charge is -2.14. The van der Waals surface area contributed by atoms with Crippen LogP contribution in [0.3, 0.4) is 0 Å². The highest BCUT2D eigenvalue weighted by Crippen LogP contribution is 2.28. The van der Waals surface area contributed by atoms with Gasteiger partial charge < -0.3 is 15.0 Å². The van der Waals surface area contributed by atoms with Crippen LogP contribution >= 0.6 is 0 Å². The van der Waals surface area contributed by atoms with Gasteiger partial charge in [0.15, 0.2) is 0 Å². The number of benzene rings is 2. The predicted octanol–water partition coefficient (Wildman–Crippen LogP) is 3.01. The first kappa shape index (κ1) is 18.9. The van der Waals surface area contributed by atoms with Gasteiger partial charge in [0.2, 0.25) is 0 Å². The topological polar surface area (TPSA) is 102 Å². The molecule has 0 aromatic heterocycles. The summed E-state index contributed by atoms with van der Waals surface area (Å²) < 4.78 is 4.65. The maximum absolute atomic E-state index is 12.5. The summed E-state index contributed by atoms with van der Waals surface area (Å²) in [7, 11) is 4.67. The third-order valence-corrected chi connectivity index (χ3v) is 3.81. The molecule has 1 amide bonds. The fourth-order valence-electron chi connectivity index (χ4n) is 2.43. The van der Waals surface area contributed by atoms with Crippen LogP contribution in [0.2, 0.25) is 0 Å². The van der Waals surface area contributed by atoms with Crippen LogP contribution in [0.5, 0.6) is 0 Å². The smallest absolute Gasteiger partial charge is 0.337 e. The summed E-state index contributed by atoms with van der Waals surface area (Å²) in [4.78, 5) is 36.3. The molecule has 0 spiro atoms. The van der Waals surface area contributed by atoms with Crippen molar-refractivity contribution in [1.29, 1.82) is 0 Å². The summed E-state index contributed by atoms with van der Waals surface area (Å²) in [6, 6.07) is 9.01. The number of aryl methyl sites for hydroxylation is 1. The summed E-state index contributed by atoms with van der Waals surface area (Å²) in [5.41, 5.74) is 1.96. The second-order valence-electron chi connectivity index (χ2n) is 5.83. The Balaban J connectivity index is 2.29. The molecule has 8 nitrogen and oxygen atoms in total. The zero-order valence-electron chi connectivity index (χ0n) is 14.9. The molecular formula is C18H19N3O5. The molecule has 8 heteroatoms. The second-order valence-corrected chi connectivity index (χ2v) is 5.83. The second kappa shape index (κ2) is 7.64. The number of hydrogen-bond donors (Lipinski definition) is 1. The normalized spacial score (nSPS) is 10.2. The van der Waals surface area contributed by atoms with Gasteiger partial charge in [0.05, 0.1) is 17.6 Å². The number of rotatable bonds is 5. The van der Waals surface area contributed by atoms with E-state index in [0.717, 1.165) is 0 Å². The predicted molar refractivity (Wildman–Crippen MR) is 97.9 cm³/mol. The standard InChI is InChI=1S/C18H19N3O5/c1-11-9-13(18(23)26-4)5-7-14(11)19-17(22)12-6-8-15(20(2)3)16(10-12)21(24)25/h5-10H,1-4H3,(H,19,22). The number of carbonyl (C=O) groups excluding carboxylic acids is 2. The zero-order chi connectivity index (χ0) is 19.4. The highest BCUT2D eigenvalue weighted by Gasteiger charge is 2.19. The van der Waals surface area contributed by atoms with Gasteiger partial charge in [-0.05, 0) is 42.8 Å². The van der Waals surface area contributed by atoms with Gasteiger partial charge in [-0.3, -0.25) is 14.9 Å². The summed E-state index contributed by atoms with van der Waals surface area (Å²) in [5.74, 6) is -0.951. The third-order valence-electron chi connectivity index (χ3n) is 3.81. The van der Waals surface area contributed by atoms with E-state index in [1.165, 1.54) is 31.4 Å². The van der Waals surface area contributed by atoms with Crippen LogP contribution in [-0.2, 0) is 4.74 Å². The maximum Gasteiger partial charge on any atom is 0.337 e. The molecule has 0 atom stereocenters. The van der Waals surface area contributed by atoms with Gasteiger partial charge in [-0.2, -0.15) is 0 Å². The monoisotopic (exact) mass is 357 g/mol. The molecule has 0 heterocycles. The molecule has 2 aromatic rings. The average Bonchev–Trinajstić information content (AvgIpc) is 2.61. The van der Waals surface area contributed by atoms with E-state index in [-0.39, 0.29) is 11.3 Å². The first-order valence-electron chi connectivity index (χ1n) is 7.70. The number of nitrogens with one attached hydrogen (secondary N) is 1. The summed E-state index contributed by atoms with van der Waals surface area (Å²) in [5, 5.41) is 13.9. The summed E-state index contributed by atoms with van der Waals surface area (Å²) >= 11 is 0. The van der Waals surface area contributed by atoms with Crippen molar-refractivity contribution in [3.8, 4) is 0 Å². The molecule has 0 aliphatic rings. The van der Waals surface area contributed by atoms with Gasteiger partial charge in [-0.15, -0.1) is 0 Å². The SMILES string of the molecule is COC(=O)c1ccc(NC(=O)c2ccc(N(C)C)c([N+](=O)[O-])c2)c(C)c1. The average molecular weight is 357 g/mol. The fraction of sp³-hybridized carbons (Fsp3) is 0.222. The number of hydrogen-bond acceptors (Lipinski definition) is 6. The molecule has 0 fully saturated rings. The largest absolute Gasteiger partial charge is 0.465 e. The lowest BCUT2D eigenvalue weighted by Crippen LogP contribution is -2.15. The molecule has 0 radical (unpaired) electrons. The van der Waals surface area contributed by atoms with Gasteiger partial charge in [0, 0.05) is 31.4 Å². The van der Waals surface area contributed by atoms with E-state index >= 15 is 0 Å². The van der Waals surface area contributed by atoms with E-state index in [1.54, 1.807) is 38.1 Å². The minimum atomic E-state index is -0.525. The molecule has 136 valence electrons. The van der Waals surface area contributed by atoms with Crippen LogP contribution < -0.4 is 10.2 Å². The Labute approximate surface area is 150 Å². The number of methoxy groups -OCH3 is 1. The molecule has 26 heavy (non-hydrogen) atoms. The van der Waals surface area contributed by atoms with Crippen LogP contribution in [0, 0.1) is 17.0 Å². The number of nitro groups is 1. The fourth-order valence-corrected chi connectivity index (χ4v) is 2.43. The number of esters is 1. The van der Waals surface area contributed by atoms with Crippen LogP contribution in [0.4, 0.5) is 17.1 Å². The van der Waals surface area contributed by atoms with E-state index in [2.05, 4.69) is 10.1 Å². The van der Waals surface area contributed by atoms with Gasteiger partial charge >= 0.3 is 5.97 Å². The van der Waals surface area contributed by atoms with Crippen molar-refractivity contribution in [2.75, 3.05) is 31.4 Å². The van der Waals surface area contributed by atoms with E-state index in [4.69, 9.17) is 0 Å². The van der Waals surface area contributed by atoms with Crippen LogP contribution in [0.15, 0.2) is 36.4 Å². The van der Waals surface area contributed by atoms with E-state index in [0.29, 0.717) is 22.5 Å². The van der Waals surface area contributed by atoms with Gasteiger partial charge in [0.25, 0.3) is 11.6 Å². The van der Waals surface area contributed by atoms with Crippen molar-refractivity contribution in [2.24, 2.45) is 0 Å².